The monoisotopic (exact) mass is 413 g/mol. The number of benzene rings is 1. The number of rotatable bonds is 8. The van der Waals surface area contributed by atoms with Gasteiger partial charge in [0, 0.05) is 6.07 Å². The van der Waals surface area contributed by atoms with Crippen LogP contribution in [0, 0.1) is 20.8 Å². The normalized spacial score (nSPS) is 11.7. The first-order chi connectivity index (χ1) is 14.4. The molecule has 0 aliphatic rings. The molecule has 1 aromatic carbocycles. The van der Waals surface area contributed by atoms with Crippen LogP contribution < -0.4 is 10.1 Å². The van der Waals surface area contributed by atoms with Gasteiger partial charge in [-0.25, -0.2) is 4.79 Å². The summed E-state index contributed by atoms with van der Waals surface area (Å²) in [5.74, 6) is 0.883. The van der Waals surface area contributed by atoms with Gasteiger partial charge in [-0.05, 0) is 45.4 Å². The zero-order valence-electron chi connectivity index (χ0n) is 17.2. The first kappa shape index (κ1) is 21.1. The number of aryl methyl sites for hydroxylation is 3. The van der Waals surface area contributed by atoms with Gasteiger partial charge in [-0.1, -0.05) is 23.3 Å². The summed E-state index contributed by atoms with van der Waals surface area (Å²) >= 11 is 0. The summed E-state index contributed by atoms with van der Waals surface area (Å²) in [6.07, 6.45) is -0.669. The molecule has 1 atom stereocenters. The molecule has 3 aromatic rings. The number of hydrogen-bond acceptors (Lipinski definition) is 8. The predicted molar refractivity (Wildman–Crippen MR) is 106 cm³/mol. The largest absolute Gasteiger partial charge is 0.489 e. The van der Waals surface area contributed by atoms with E-state index in [1.165, 1.54) is 0 Å². The Morgan fingerprint density at radius 1 is 1.13 bits per heavy atom. The van der Waals surface area contributed by atoms with E-state index in [1.54, 1.807) is 44.2 Å². The highest BCUT2D eigenvalue weighted by molar-refractivity contribution is 5.97. The second kappa shape index (κ2) is 9.25. The molecule has 1 unspecified atom stereocenters. The van der Waals surface area contributed by atoms with Gasteiger partial charge in [0.1, 0.15) is 23.9 Å². The van der Waals surface area contributed by atoms with Crippen molar-refractivity contribution in [2.45, 2.75) is 46.8 Å². The summed E-state index contributed by atoms with van der Waals surface area (Å²) in [4.78, 5) is 24.9. The van der Waals surface area contributed by atoms with Crippen molar-refractivity contribution in [3.8, 4) is 5.75 Å². The molecule has 1 N–H and O–H groups in total. The number of nitrogens with one attached hydrogen (secondary N) is 1. The summed E-state index contributed by atoms with van der Waals surface area (Å²) < 4.78 is 21.2. The van der Waals surface area contributed by atoms with Gasteiger partial charge in [0.2, 0.25) is 0 Å². The van der Waals surface area contributed by atoms with Crippen LogP contribution in [-0.4, -0.2) is 28.3 Å². The van der Waals surface area contributed by atoms with Crippen LogP contribution in [0.5, 0.6) is 5.75 Å². The standard InChI is InChI=1S/C21H23N3O6/c1-5-18(20(25)22-19-9-12(2)29-24-19)28-21(26)15-7-6-8-16(10-15)27-11-17-13(3)23-30-14(17)4/h6-10,18H,5,11H2,1-4H3,(H,22,24,25). The first-order valence-electron chi connectivity index (χ1n) is 9.47. The number of hydrogen-bond donors (Lipinski definition) is 1. The molecule has 0 radical (unpaired) electrons. The summed E-state index contributed by atoms with van der Waals surface area (Å²) in [5, 5.41) is 10.2. The number of ether oxygens (including phenoxy) is 2. The van der Waals surface area contributed by atoms with Crippen molar-refractivity contribution >= 4 is 17.7 Å². The lowest BCUT2D eigenvalue weighted by Gasteiger charge is -2.15. The Hall–Kier alpha value is -3.62. The van der Waals surface area contributed by atoms with Gasteiger partial charge >= 0.3 is 5.97 Å². The minimum absolute atomic E-state index is 0.261. The van der Waals surface area contributed by atoms with Crippen molar-refractivity contribution in [3.05, 3.63) is 58.7 Å². The predicted octanol–water partition coefficient (Wildman–Crippen LogP) is 3.74. The third-order valence-corrected chi connectivity index (χ3v) is 4.43. The molecule has 3 rings (SSSR count). The highest BCUT2D eigenvalue weighted by Gasteiger charge is 2.23. The molecule has 0 fully saturated rings. The van der Waals surface area contributed by atoms with Crippen LogP contribution in [0.15, 0.2) is 39.4 Å². The van der Waals surface area contributed by atoms with Crippen LogP contribution in [0.25, 0.3) is 0 Å². The van der Waals surface area contributed by atoms with E-state index < -0.39 is 18.0 Å². The Morgan fingerprint density at radius 3 is 2.57 bits per heavy atom. The molecule has 9 heteroatoms. The lowest BCUT2D eigenvalue weighted by molar-refractivity contribution is -0.124. The molecule has 2 heterocycles. The van der Waals surface area contributed by atoms with Gasteiger partial charge in [-0.15, -0.1) is 0 Å². The van der Waals surface area contributed by atoms with E-state index >= 15 is 0 Å². The SMILES string of the molecule is CCC(OC(=O)c1cccc(OCc2c(C)noc2C)c1)C(=O)Nc1cc(C)on1. The highest BCUT2D eigenvalue weighted by Crippen LogP contribution is 2.20. The summed E-state index contributed by atoms with van der Waals surface area (Å²) in [6.45, 7) is 7.36. The van der Waals surface area contributed by atoms with Crippen molar-refractivity contribution in [1.82, 2.24) is 10.3 Å². The summed E-state index contributed by atoms with van der Waals surface area (Å²) in [5.41, 5.74) is 1.88. The summed E-state index contributed by atoms with van der Waals surface area (Å²) in [6, 6.07) is 8.14. The first-order valence-corrected chi connectivity index (χ1v) is 9.47. The van der Waals surface area contributed by atoms with E-state index in [2.05, 4.69) is 15.6 Å². The molecule has 158 valence electrons. The number of esters is 1. The van der Waals surface area contributed by atoms with Gasteiger partial charge in [-0.3, -0.25) is 4.79 Å². The molecule has 0 saturated carbocycles. The zero-order valence-corrected chi connectivity index (χ0v) is 17.2. The van der Waals surface area contributed by atoms with Crippen molar-refractivity contribution in [3.63, 3.8) is 0 Å². The van der Waals surface area contributed by atoms with Crippen molar-refractivity contribution in [1.29, 1.82) is 0 Å². The van der Waals surface area contributed by atoms with E-state index in [-0.39, 0.29) is 18.0 Å². The average molecular weight is 413 g/mol. The number of amides is 1. The molecule has 0 aliphatic heterocycles. The van der Waals surface area contributed by atoms with Crippen molar-refractivity contribution < 1.29 is 28.1 Å². The molecule has 2 aromatic heterocycles. The minimum Gasteiger partial charge on any atom is -0.489 e. The van der Waals surface area contributed by atoms with Crippen LogP contribution in [-0.2, 0) is 16.1 Å². The van der Waals surface area contributed by atoms with Crippen LogP contribution in [0.1, 0.15) is 46.5 Å². The third kappa shape index (κ3) is 5.05. The minimum atomic E-state index is -0.971. The Bertz CT molecular complexity index is 1020. The smallest absolute Gasteiger partial charge is 0.339 e. The Balaban J connectivity index is 1.62. The molecule has 0 aliphatic carbocycles. The van der Waals surface area contributed by atoms with Crippen LogP contribution >= 0.6 is 0 Å². The van der Waals surface area contributed by atoms with E-state index in [1.807, 2.05) is 13.8 Å². The molecule has 9 nitrogen and oxygen atoms in total. The van der Waals surface area contributed by atoms with Gasteiger partial charge in [0.05, 0.1) is 16.8 Å². The van der Waals surface area contributed by atoms with E-state index in [4.69, 9.17) is 18.5 Å². The Morgan fingerprint density at radius 2 is 1.93 bits per heavy atom. The number of anilines is 1. The van der Waals surface area contributed by atoms with E-state index in [0.29, 0.717) is 23.7 Å². The number of carbonyl (C=O) groups excluding carboxylic acids is 2. The summed E-state index contributed by atoms with van der Waals surface area (Å²) in [7, 11) is 0. The molecule has 0 bridgehead atoms. The molecular weight excluding hydrogens is 390 g/mol. The molecule has 0 spiro atoms. The van der Waals surface area contributed by atoms with E-state index in [0.717, 1.165) is 11.3 Å². The fraction of sp³-hybridized carbons (Fsp3) is 0.333. The topological polar surface area (TPSA) is 117 Å². The molecule has 30 heavy (non-hydrogen) atoms. The highest BCUT2D eigenvalue weighted by atomic mass is 16.5. The lowest BCUT2D eigenvalue weighted by atomic mass is 10.2. The van der Waals surface area contributed by atoms with Crippen molar-refractivity contribution in [2.75, 3.05) is 5.32 Å². The Kier molecular flexibility index (Phi) is 6.51. The molecule has 1 amide bonds. The lowest BCUT2D eigenvalue weighted by Crippen LogP contribution is -2.32. The van der Waals surface area contributed by atoms with Crippen molar-refractivity contribution in [2.24, 2.45) is 0 Å². The van der Waals surface area contributed by atoms with Crippen LogP contribution in [0.2, 0.25) is 0 Å². The maximum Gasteiger partial charge on any atom is 0.339 e. The molecule has 0 saturated heterocycles. The number of aromatic nitrogens is 2. The second-order valence-electron chi connectivity index (χ2n) is 6.73. The van der Waals surface area contributed by atoms with Gasteiger partial charge in [-0.2, -0.15) is 0 Å². The fourth-order valence-electron chi connectivity index (χ4n) is 2.73. The molecular formula is C21H23N3O6. The maximum atomic E-state index is 12.6. The Labute approximate surface area is 173 Å². The zero-order chi connectivity index (χ0) is 21.7. The maximum absolute atomic E-state index is 12.6. The fourth-order valence-corrected chi connectivity index (χ4v) is 2.73. The van der Waals surface area contributed by atoms with Gasteiger partial charge < -0.3 is 23.8 Å². The quantitative estimate of drug-likeness (QED) is 0.555. The second-order valence-corrected chi connectivity index (χ2v) is 6.73. The van der Waals surface area contributed by atoms with Crippen LogP contribution in [0.3, 0.4) is 0 Å². The van der Waals surface area contributed by atoms with Gasteiger partial charge in [0.15, 0.2) is 11.9 Å². The van der Waals surface area contributed by atoms with Gasteiger partial charge in [0.25, 0.3) is 5.91 Å². The average Bonchev–Trinajstić information content (AvgIpc) is 3.28. The number of carbonyl (C=O) groups is 2. The number of nitrogens with zero attached hydrogens (tertiary/aromatic N) is 2. The van der Waals surface area contributed by atoms with E-state index in [9.17, 15) is 9.59 Å². The third-order valence-electron chi connectivity index (χ3n) is 4.43. The van der Waals surface area contributed by atoms with Crippen LogP contribution in [0.4, 0.5) is 5.82 Å².